The van der Waals surface area contributed by atoms with Crippen molar-refractivity contribution in [1.29, 1.82) is 0 Å². The van der Waals surface area contributed by atoms with Gasteiger partial charge in [0.1, 0.15) is 5.75 Å². The van der Waals surface area contributed by atoms with Gasteiger partial charge in [0.05, 0.1) is 5.75 Å². The van der Waals surface area contributed by atoms with E-state index in [0.29, 0.717) is 10.9 Å². The van der Waals surface area contributed by atoms with E-state index in [9.17, 15) is 4.79 Å². The van der Waals surface area contributed by atoms with Crippen molar-refractivity contribution in [3.63, 3.8) is 0 Å². The molecule has 1 amide bonds. The van der Waals surface area contributed by atoms with Crippen molar-refractivity contribution in [3.8, 4) is 11.6 Å². The summed E-state index contributed by atoms with van der Waals surface area (Å²) in [5.74, 6) is 1.38. The highest BCUT2D eigenvalue weighted by Crippen LogP contribution is 2.30. The molecule has 0 aliphatic heterocycles. The smallest absolute Gasteiger partial charge is 0.252 e. The van der Waals surface area contributed by atoms with Crippen molar-refractivity contribution in [2.45, 2.75) is 37.8 Å². The first kappa shape index (κ1) is 20.9. The molecule has 5 nitrogen and oxygen atoms in total. The molecular weight excluding hydrogens is 382 g/mol. The molecule has 1 heterocycles. The Morgan fingerprint density at radius 1 is 1.07 bits per heavy atom. The topological polar surface area (TPSA) is 64.1 Å². The molecule has 0 spiro atoms. The number of benzene rings is 2. The van der Waals surface area contributed by atoms with E-state index in [1.165, 1.54) is 17.3 Å². The molecular formula is C23H25N3O2S. The van der Waals surface area contributed by atoms with E-state index < -0.39 is 0 Å². The Labute approximate surface area is 175 Å². The summed E-state index contributed by atoms with van der Waals surface area (Å²) < 4.78 is 5.92. The van der Waals surface area contributed by atoms with Crippen molar-refractivity contribution in [1.82, 2.24) is 15.3 Å². The van der Waals surface area contributed by atoms with Crippen LogP contribution in [-0.2, 0) is 11.2 Å². The number of thioether (sulfide) groups is 1. The average molecular weight is 408 g/mol. The van der Waals surface area contributed by atoms with Gasteiger partial charge in [0, 0.05) is 18.4 Å². The van der Waals surface area contributed by atoms with Crippen LogP contribution in [0.2, 0.25) is 0 Å². The number of para-hydroxylation sites is 1. The minimum absolute atomic E-state index is 0.0249. The maximum atomic E-state index is 12.3. The third-order valence-corrected chi connectivity index (χ3v) is 5.35. The van der Waals surface area contributed by atoms with E-state index in [0.717, 1.165) is 24.2 Å². The number of amides is 1. The second-order valence-electron chi connectivity index (χ2n) is 6.82. The largest absolute Gasteiger partial charge is 0.436 e. The van der Waals surface area contributed by atoms with Crippen molar-refractivity contribution in [3.05, 3.63) is 78.1 Å². The Bertz CT molecular complexity index is 934. The number of hydrogen-bond donors (Lipinski definition) is 1. The van der Waals surface area contributed by atoms with E-state index in [1.807, 2.05) is 56.3 Å². The van der Waals surface area contributed by atoms with Crippen LogP contribution < -0.4 is 10.1 Å². The molecule has 0 bridgehead atoms. The van der Waals surface area contributed by atoms with Gasteiger partial charge in [-0.25, -0.2) is 9.97 Å². The number of ether oxygens (including phenoxy) is 1. The number of hydrogen-bond acceptors (Lipinski definition) is 5. The second kappa shape index (κ2) is 10.6. The minimum atomic E-state index is -0.0249. The lowest BCUT2D eigenvalue weighted by Gasteiger charge is -2.14. The molecule has 0 radical (unpaired) electrons. The molecule has 1 aromatic heterocycles. The van der Waals surface area contributed by atoms with E-state index in [2.05, 4.69) is 27.4 Å². The number of nitrogens with zero attached hydrogens (tertiary/aromatic N) is 2. The predicted molar refractivity (Wildman–Crippen MR) is 116 cm³/mol. The molecule has 1 atom stereocenters. The van der Waals surface area contributed by atoms with Crippen LogP contribution in [-0.4, -0.2) is 27.7 Å². The number of aromatic nitrogens is 2. The third kappa shape index (κ3) is 6.61. The lowest BCUT2D eigenvalue weighted by molar-refractivity contribution is -0.119. The highest BCUT2D eigenvalue weighted by atomic mass is 32.2. The average Bonchev–Trinajstić information content (AvgIpc) is 2.74. The molecule has 0 fully saturated rings. The minimum Gasteiger partial charge on any atom is -0.436 e. The van der Waals surface area contributed by atoms with Crippen LogP contribution in [0.15, 0.2) is 72.0 Å². The first-order valence-electron chi connectivity index (χ1n) is 9.62. The van der Waals surface area contributed by atoms with Crippen molar-refractivity contribution in [2.75, 3.05) is 5.75 Å². The zero-order valence-corrected chi connectivity index (χ0v) is 17.5. The Morgan fingerprint density at radius 2 is 1.79 bits per heavy atom. The van der Waals surface area contributed by atoms with Gasteiger partial charge < -0.3 is 10.1 Å². The highest BCUT2D eigenvalue weighted by Gasteiger charge is 2.13. The number of carbonyl (C=O) groups excluding carboxylic acids is 1. The van der Waals surface area contributed by atoms with Gasteiger partial charge in [-0.15, -0.1) is 0 Å². The van der Waals surface area contributed by atoms with Gasteiger partial charge in [0.2, 0.25) is 5.91 Å². The van der Waals surface area contributed by atoms with Crippen LogP contribution in [0.1, 0.15) is 24.5 Å². The predicted octanol–water partition coefficient (Wildman–Crippen LogP) is 4.81. The fraction of sp³-hybridized carbons (Fsp3) is 0.261. The Balaban J connectivity index is 1.50. The summed E-state index contributed by atoms with van der Waals surface area (Å²) in [6.07, 6.45) is 5.03. The van der Waals surface area contributed by atoms with E-state index in [-0.39, 0.29) is 17.7 Å². The number of rotatable bonds is 9. The molecule has 0 aliphatic rings. The van der Waals surface area contributed by atoms with Gasteiger partial charge in [-0.3, -0.25) is 4.79 Å². The van der Waals surface area contributed by atoms with Gasteiger partial charge in [-0.2, -0.15) is 0 Å². The second-order valence-corrected chi connectivity index (χ2v) is 7.78. The van der Waals surface area contributed by atoms with Gasteiger partial charge >= 0.3 is 0 Å². The fourth-order valence-electron chi connectivity index (χ4n) is 2.81. The summed E-state index contributed by atoms with van der Waals surface area (Å²) in [4.78, 5) is 20.9. The molecule has 3 rings (SSSR count). The van der Waals surface area contributed by atoms with Crippen LogP contribution >= 0.6 is 11.8 Å². The number of nitrogens with one attached hydrogen (secondary N) is 1. The molecule has 1 N–H and O–H groups in total. The maximum Gasteiger partial charge on any atom is 0.252 e. The maximum absolute atomic E-state index is 12.3. The number of carbonyl (C=O) groups is 1. The molecule has 0 unspecified atom stereocenters. The van der Waals surface area contributed by atoms with E-state index in [1.54, 1.807) is 12.4 Å². The third-order valence-electron chi connectivity index (χ3n) is 4.39. The quantitative estimate of drug-likeness (QED) is 0.516. The lowest BCUT2D eigenvalue weighted by Crippen LogP contribution is -2.34. The summed E-state index contributed by atoms with van der Waals surface area (Å²) in [7, 11) is 0. The van der Waals surface area contributed by atoms with Crippen molar-refractivity contribution in [2.24, 2.45) is 0 Å². The molecule has 29 heavy (non-hydrogen) atoms. The van der Waals surface area contributed by atoms with E-state index in [4.69, 9.17) is 4.74 Å². The molecule has 0 saturated heterocycles. The van der Waals surface area contributed by atoms with Crippen molar-refractivity contribution >= 4 is 17.7 Å². The summed E-state index contributed by atoms with van der Waals surface area (Å²) in [5.41, 5.74) is 2.29. The Hall–Kier alpha value is -2.86. The van der Waals surface area contributed by atoms with Crippen LogP contribution in [0, 0.1) is 6.92 Å². The molecule has 150 valence electrons. The summed E-state index contributed by atoms with van der Waals surface area (Å²) >= 11 is 1.33. The van der Waals surface area contributed by atoms with Gasteiger partial charge in [0.25, 0.3) is 5.88 Å². The molecule has 3 aromatic rings. The van der Waals surface area contributed by atoms with Gasteiger partial charge in [-0.05, 0) is 43.9 Å². The summed E-state index contributed by atoms with van der Waals surface area (Å²) in [6, 6.07) is 18.1. The molecule has 6 heteroatoms. The van der Waals surface area contributed by atoms with Gasteiger partial charge in [0.15, 0.2) is 5.03 Å². The SMILES string of the molecule is Cc1ccccc1Oc1nccnc1SCC(=O)N[C@@H](C)CCc1ccccc1. The summed E-state index contributed by atoms with van der Waals surface area (Å²) in [5, 5.41) is 3.65. The van der Waals surface area contributed by atoms with E-state index >= 15 is 0 Å². The monoisotopic (exact) mass is 407 g/mol. The Morgan fingerprint density at radius 3 is 2.59 bits per heavy atom. The molecule has 0 saturated carbocycles. The number of aryl methyl sites for hydroxylation is 2. The van der Waals surface area contributed by atoms with Gasteiger partial charge in [-0.1, -0.05) is 60.3 Å². The first-order valence-corrected chi connectivity index (χ1v) is 10.6. The highest BCUT2D eigenvalue weighted by molar-refractivity contribution is 8.00. The zero-order chi connectivity index (χ0) is 20.5. The normalized spacial score (nSPS) is 11.7. The van der Waals surface area contributed by atoms with Crippen LogP contribution in [0.5, 0.6) is 11.6 Å². The van der Waals surface area contributed by atoms with Crippen LogP contribution in [0.3, 0.4) is 0 Å². The fourth-order valence-corrected chi connectivity index (χ4v) is 3.51. The standard InChI is InChI=1S/C23H25N3O2S/c1-17-8-6-7-11-20(17)28-22-23(25-15-14-24-22)29-16-21(27)26-18(2)12-13-19-9-4-3-5-10-19/h3-11,14-15,18H,12-13,16H2,1-2H3,(H,26,27)/t18-/m0/s1. The van der Waals surface area contributed by atoms with Crippen LogP contribution in [0.4, 0.5) is 0 Å². The zero-order valence-electron chi connectivity index (χ0n) is 16.7. The lowest BCUT2D eigenvalue weighted by atomic mass is 10.1. The molecule has 2 aromatic carbocycles. The summed E-state index contributed by atoms with van der Waals surface area (Å²) in [6.45, 7) is 4.00. The Kier molecular flexibility index (Phi) is 7.64. The van der Waals surface area contributed by atoms with Crippen LogP contribution in [0.25, 0.3) is 0 Å². The van der Waals surface area contributed by atoms with Crippen molar-refractivity contribution < 1.29 is 9.53 Å². The molecule has 0 aliphatic carbocycles. The first-order chi connectivity index (χ1) is 14.1.